The zero-order valence-electron chi connectivity index (χ0n) is 9.59. The molecule has 0 aliphatic rings. The third-order valence-corrected chi connectivity index (χ3v) is 2.93. The van der Waals surface area contributed by atoms with E-state index in [2.05, 4.69) is 17.2 Å². The molecule has 0 aliphatic carbocycles. The summed E-state index contributed by atoms with van der Waals surface area (Å²) in [6, 6.07) is 14.0. The van der Waals surface area contributed by atoms with E-state index in [0.717, 1.165) is 27.8 Å². The van der Waals surface area contributed by atoms with Gasteiger partial charge in [-0.2, -0.15) is 5.10 Å². The maximum Gasteiger partial charge on any atom is 0.0741 e. The Balaban J connectivity index is 2.27. The van der Waals surface area contributed by atoms with Crippen molar-refractivity contribution in [2.45, 2.75) is 6.92 Å². The number of hydrogen-bond acceptors (Lipinski definition) is 2. The summed E-state index contributed by atoms with van der Waals surface area (Å²) in [6.07, 6.45) is 1.88. The lowest BCUT2D eigenvalue weighted by Crippen LogP contribution is -1.99. The fourth-order valence-corrected chi connectivity index (χ4v) is 2.08. The first kappa shape index (κ1) is 9.90. The van der Waals surface area contributed by atoms with Gasteiger partial charge in [-0.05, 0) is 36.8 Å². The highest BCUT2D eigenvalue weighted by Crippen LogP contribution is 2.21. The first-order valence-electron chi connectivity index (χ1n) is 5.55. The number of aromatic nitrogens is 2. The summed E-state index contributed by atoms with van der Waals surface area (Å²) in [5, 5.41) is 5.57. The first-order valence-corrected chi connectivity index (χ1v) is 5.55. The van der Waals surface area contributed by atoms with Gasteiger partial charge in [0.2, 0.25) is 0 Å². The number of aryl methyl sites for hydroxylation is 1. The van der Waals surface area contributed by atoms with Crippen LogP contribution in [0.25, 0.3) is 16.6 Å². The summed E-state index contributed by atoms with van der Waals surface area (Å²) in [5.41, 5.74) is 9.85. The van der Waals surface area contributed by atoms with Gasteiger partial charge in [-0.3, -0.25) is 0 Å². The second-order valence-corrected chi connectivity index (χ2v) is 4.16. The lowest BCUT2D eigenvalue weighted by molar-refractivity contribution is 0.902. The number of para-hydroxylation sites is 1. The van der Waals surface area contributed by atoms with Gasteiger partial charge >= 0.3 is 0 Å². The summed E-state index contributed by atoms with van der Waals surface area (Å²) < 4.78 is 1.95. The van der Waals surface area contributed by atoms with Crippen LogP contribution in [0, 0.1) is 6.92 Å². The van der Waals surface area contributed by atoms with Gasteiger partial charge in [-0.15, -0.1) is 0 Å². The molecule has 3 heteroatoms. The molecular weight excluding hydrogens is 210 g/mol. The van der Waals surface area contributed by atoms with E-state index < -0.39 is 0 Å². The zero-order chi connectivity index (χ0) is 11.8. The predicted octanol–water partition coefficient (Wildman–Crippen LogP) is 2.92. The van der Waals surface area contributed by atoms with Gasteiger partial charge in [0, 0.05) is 11.1 Å². The Morgan fingerprint density at radius 3 is 2.76 bits per heavy atom. The largest absolute Gasteiger partial charge is 0.399 e. The average molecular weight is 223 g/mol. The minimum absolute atomic E-state index is 0.780. The first-order chi connectivity index (χ1) is 8.25. The molecule has 3 aromatic rings. The molecule has 2 aromatic carbocycles. The maximum atomic E-state index is 5.76. The van der Waals surface area contributed by atoms with E-state index in [1.54, 1.807) is 0 Å². The van der Waals surface area contributed by atoms with E-state index in [4.69, 9.17) is 5.73 Å². The topological polar surface area (TPSA) is 43.8 Å². The van der Waals surface area contributed by atoms with Gasteiger partial charge < -0.3 is 5.73 Å². The van der Waals surface area contributed by atoms with Gasteiger partial charge in [0.1, 0.15) is 0 Å². The molecule has 3 rings (SSSR count). The van der Waals surface area contributed by atoms with E-state index in [9.17, 15) is 0 Å². The molecule has 2 N–H and O–H groups in total. The number of hydrogen-bond donors (Lipinski definition) is 1. The molecule has 0 saturated heterocycles. The molecule has 0 aliphatic heterocycles. The Labute approximate surface area is 99.5 Å². The van der Waals surface area contributed by atoms with Crippen molar-refractivity contribution in [2.24, 2.45) is 0 Å². The van der Waals surface area contributed by atoms with Crippen LogP contribution in [0.3, 0.4) is 0 Å². The van der Waals surface area contributed by atoms with Crippen LogP contribution >= 0.6 is 0 Å². The van der Waals surface area contributed by atoms with Crippen LogP contribution in [0.2, 0.25) is 0 Å². The number of nitrogens with zero attached hydrogens (tertiary/aromatic N) is 2. The van der Waals surface area contributed by atoms with Crippen molar-refractivity contribution in [3.63, 3.8) is 0 Å². The molecule has 1 aromatic heterocycles. The highest BCUT2D eigenvalue weighted by Gasteiger charge is 2.06. The van der Waals surface area contributed by atoms with E-state index in [0.29, 0.717) is 0 Å². The monoisotopic (exact) mass is 223 g/mol. The normalized spacial score (nSPS) is 10.9. The fourth-order valence-electron chi connectivity index (χ4n) is 2.08. The van der Waals surface area contributed by atoms with Gasteiger partial charge in [0.15, 0.2) is 0 Å². The van der Waals surface area contributed by atoms with Crippen molar-refractivity contribution in [3.05, 3.63) is 54.2 Å². The Kier molecular flexibility index (Phi) is 2.11. The minimum atomic E-state index is 0.780. The molecule has 0 spiro atoms. The van der Waals surface area contributed by atoms with Crippen LogP contribution in [0.5, 0.6) is 0 Å². The van der Waals surface area contributed by atoms with Crippen LogP contribution in [0.4, 0.5) is 5.69 Å². The molecule has 0 unspecified atom stereocenters. The quantitative estimate of drug-likeness (QED) is 0.644. The summed E-state index contributed by atoms with van der Waals surface area (Å²) in [5.74, 6) is 0. The Morgan fingerprint density at radius 1 is 1.12 bits per heavy atom. The summed E-state index contributed by atoms with van der Waals surface area (Å²) >= 11 is 0. The second-order valence-electron chi connectivity index (χ2n) is 4.16. The van der Waals surface area contributed by atoms with Crippen molar-refractivity contribution in [3.8, 4) is 5.69 Å². The van der Waals surface area contributed by atoms with Crippen LogP contribution in [0.15, 0.2) is 48.7 Å². The number of benzene rings is 2. The molecule has 0 bridgehead atoms. The zero-order valence-corrected chi connectivity index (χ0v) is 9.59. The molecule has 84 valence electrons. The lowest BCUT2D eigenvalue weighted by atomic mass is 10.1. The molecule has 0 saturated carbocycles. The highest BCUT2D eigenvalue weighted by molar-refractivity contribution is 5.80. The molecule has 0 radical (unpaired) electrons. The molecule has 0 atom stereocenters. The number of rotatable bonds is 1. The smallest absolute Gasteiger partial charge is 0.0741 e. The maximum absolute atomic E-state index is 5.76. The van der Waals surface area contributed by atoms with E-state index in [-0.39, 0.29) is 0 Å². The van der Waals surface area contributed by atoms with Gasteiger partial charge in [0.05, 0.1) is 17.4 Å². The van der Waals surface area contributed by atoms with Crippen molar-refractivity contribution in [1.82, 2.24) is 9.78 Å². The molecule has 0 amide bonds. The SMILES string of the molecule is Cc1cc(N)ccc1-n1ncc2ccccc21. The summed E-state index contributed by atoms with van der Waals surface area (Å²) in [4.78, 5) is 0. The third kappa shape index (κ3) is 1.56. The number of nitrogen functional groups attached to an aromatic ring is 1. The highest BCUT2D eigenvalue weighted by atomic mass is 15.3. The molecule has 3 nitrogen and oxygen atoms in total. The average Bonchev–Trinajstić information content (AvgIpc) is 2.73. The van der Waals surface area contributed by atoms with E-state index >= 15 is 0 Å². The van der Waals surface area contributed by atoms with E-state index in [1.807, 2.05) is 48.1 Å². The van der Waals surface area contributed by atoms with Crippen molar-refractivity contribution >= 4 is 16.6 Å². The molecule has 17 heavy (non-hydrogen) atoms. The Bertz CT molecular complexity index is 683. The van der Waals surface area contributed by atoms with Crippen LogP contribution in [-0.2, 0) is 0 Å². The molecule has 0 fully saturated rings. The Morgan fingerprint density at radius 2 is 1.94 bits per heavy atom. The van der Waals surface area contributed by atoms with Crippen LogP contribution < -0.4 is 5.73 Å². The van der Waals surface area contributed by atoms with E-state index in [1.165, 1.54) is 0 Å². The fraction of sp³-hybridized carbons (Fsp3) is 0.0714. The lowest BCUT2D eigenvalue weighted by Gasteiger charge is -2.08. The number of nitrogens with two attached hydrogens (primary N) is 1. The molecular formula is C14H13N3. The van der Waals surface area contributed by atoms with Gasteiger partial charge in [0.25, 0.3) is 0 Å². The minimum Gasteiger partial charge on any atom is -0.399 e. The van der Waals surface area contributed by atoms with Gasteiger partial charge in [-0.25, -0.2) is 4.68 Å². The number of anilines is 1. The van der Waals surface area contributed by atoms with Crippen LogP contribution in [-0.4, -0.2) is 9.78 Å². The van der Waals surface area contributed by atoms with Crippen molar-refractivity contribution in [1.29, 1.82) is 0 Å². The molecule has 1 heterocycles. The number of fused-ring (bicyclic) bond motifs is 1. The second kappa shape index (κ2) is 3.63. The van der Waals surface area contributed by atoms with Gasteiger partial charge in [-0.1, -0.05) is 18.2 Å². The summed E-state index contributed by atoms with van der Waals surface area (Å²) in [6.45, 7) is 2.04. The third-order valence-electron chi connectivity index (χ3n) is 2.93. The van der Waals surface area contributed by atoms with Crippen LogP contribution in [0.1, 0.15) is 5.56 Å². The predicted molar refractivity (Wildman–Crippen MR) is 70.2 cm³/mol. The van der Waals surface area contributed by atoms with Crippen molar-refractivity contribution in [2.75, 3.05) is 5.73 Å². The Hall–Kier alpha value is -2.29. The van der Waals surface area contributed by atoms with Crippen molar-refractivity contribution < 1.29 is 0 Å². The standard InChI is InChI=1S/C14H13N3/c1-10-8-12(15)6-7-13(10)17-14-5-3-2-4-11(14)9-16-17/h2-9H,15H2,1H3. The summed E-state index contributed by atoms with van der Waals surface area (Å²) in [7, 11) is 0.